The molecule has 0 amide bonds. The first-order valence-corrected chi connectivity index (χ1v) is 7.22. The van der Waals surface area contributed by atoms with Crippen LogP contribution in [0.15, 0.2) is 36.5 Å². The summed E-state index contributed by atoms with van der Waals surface area (Å²) in [5.41, 5.74) is 0. The third kappa shape index (κ3) is 3.48. The molecular weight excluding hydrogens is 269 g/mol. The van der Waals surface area contributed by atoms with Crippen molar-refractivity contribution in [2.75, 3.05) is 18.0 Å². The van der Waals surface area contributed by atoms with Crippen molar-refractivity contribution in [3.8, 4) is 11.6 Å². The zero-order chi connectivity index (χ0) is 14.7. The zero-order valence-electron chi connectivity index (χ0n) is 12.0. The Bertz CT molecular complexity index is 595. The predicted molar refractivity (Wildman–Crippen MR) is 79.1 cm³/mol. The molecule has 110 valence electrons. The monoisotopic (exact) mass is 287 g/mol. The average molecular weight is 287 g/mol. The maximum Gasteiger partial charge on any atom is 0.228 e. The Kier molecular flexibility index (Phi) is 3.99. The van der Waals surface area contributed by atoms with Crippen LogP contribution in [0.4, 0.5) is 10.3 Å². The summed E-state index contributed by atoms with van der Waals surface area (Å²) < 4.78 is 18.5. The van der Waals surface area contributed by atoms with E-state index < -0.39 is 0 Å². The van der Waals surface area contributed by atoms with Crippen LogP contribution < -0.4 is 9.64 Å². The number of halogens is 1. The van der Waals surface area contributed by atoms with Crippen molar-refractivity contribution in [2.45, 2.75) is 19.8 Å². The molecule has 5 heteroatoms. The van der Waals surface area contributed by atoms with Crippen LogP contribution in [0.25, 0.3) is 0 Å². The van der Waals surface area contributed by atoms with Gasteiger partial charge in [-0.2, -0.15) is 4.98 Å². The van der Waals surface area contributed by atoms with Crippen molar-refractivity contribution in [1.82, 2.24) is 9.97 Å². The summed E-state index contributed by atoms with van der Waals surface area (Å²) in [7, 11) is 0. The lowest BCUT2D eigenvalue weighted by molar-refractivity contribution is 0.428. The summed E-state index contributed by atoms with van der Waals surface area (Å²) in [4.78, 5) is 10.9. The molecule has 1 aliphatic rings. The van der Waals surface area contributed by atoms with Gasteiger partial charge in [-0.25, -0.2) is 9.37 Å². The largest absolute Gasteiger partial charge is 0.439 e. The van der Waals surface area contributed by atoms with Crippen molar-refractivity contribution in [3.63, 3.8) is 0 Å². The quantitative estimate of drug-likeness (QED) is 0.863. The van der Waals surface area contributed by atoms with E-state index >= 15 is 0 Å². The second-order valence-corrected chi connectivity index (χ2v) is 5.42. The van der Waals surface area contributed by atoms with Gasteiger partial charge in [0.25, 0.3) is 0 Å². The SMILES string of the molecule is CC1CCN(c2nccc(Oc3ccc(F)cc3)n2)CC1. The number of hydrogen-bond donors (Lipinski definition) is 0. The Balaban J connectivity index is 1.72. The number of rotatable bonds is 3. The van der Waals surface area contributed by atoms with Crippen molar-refractivity contribution >= 4 is 5.95 Å². The van der Waals surface area contributed by atoms with Gasteiger partial charge in [0.15, 0.2) is 0 Å². The number of anilines is 1. The highest BCUT2D eigenvalue weighted by Crippen LogP contribution is 2.23. The van der Waals surface area contributed by atoms with Crippen LogP contribution in [0.5, 0.6) is 11.6 Å². The topological polar surface area (TPSA) is 38.2 Å². The highest BCUT2D eigenvalue weighted by molar-refractivity contribution is 5.34. The number of nitrogens with zero attached hydrogens (tertiary/aromatic N) is 3. The Labute approximate surface area is 123 Å². The lowest BCUT2D eigenvalue weighted by Gasteiger charge is -2.30. The molecular formula is C16H18FN3O. The zero-order valence-corrected chi connectivity index (χ0v) is 12.0. The third-order valence-corrected chi connectivity index (χ3v) is 3.72. The molecule has 1 aromatic heterocycles. The summed E-state index contributed by atoms with van der Waals surface area (Å²) in [6, 6.07) is 7.60. The summed E-state index contributed by atoms with van der Waals surface area (Å²) in [5.74, 6) is 2.22. The molecule has 2 aromatic rings. The van der Waals surface area contributed by atoms with E-state index in [1.54, 1.807) is 24.4 Å². The van der Waals surface area contributed by atoms with Crippen LogP contribution in [0.3, 0.4) is 0 Å². The molecule has 3 rings (SSSR count). The van der Waals surface area contributed by atoms with E-state index in [-0.39, 0.29) is 5.82 Å². The summed E-state index contributed by atoms with van der Waals surface area (Å²) in [5, 5.41) is 0. The second-order valence-electron chi connectivity index (χ2n) is 5.42. The molecule has 1 aromatic carbocycles. The van der Waals surface area contributed by atoms with Gasteiger partial charge in [0.05, 0.1) is 0 Å². The molecule has 0 unspecified atom stereocenters. The lowest BCUT2D eigenvalue weighted by atomic mass is 10.00. The van der Waals surface area contributed by atoms with E-state index in [0.717, 1.165) is 31.8 Å². The van der Waals surface area contributed by atoms with Gasteiger partial charge in [-0.15, -0.1) is 0 Å². The Morgan fingerprint density at radius 3 is 2.57 bits per heavy atom. The Hall–Kier alpha value is -2.17. The lowest BCUT2D eigenvalue weighted by Crippen LogP contribution is -2.34. The molecule has 1 saturated heterocycles. The maximum atomic E-state index is 12.9. The third-order valence-electron chi connectivity index (χ3n) is 3.72. The normalized spacial score (nSPS) is 16.0. The van der Waals surface area contributed by atoms with Crippen LogP contribution >= 0.6 is 0 Å². The molecule has 21 heavy (non-hydrogen) atoms. The number of hydrogen-bond acceptors (Lipinski definition) is 4. The minimum atomic E-state index is -0.284. The molecule has 2 heterocycles. The fourth-order valence-corrected chi connectivity index (χ4v) is 2.37. The van der Waals surface area contributed by atoms with Gasteiger partial charge in [0.1, 0.15) is 11.6 Å². The molecule has 0 aliphatic carbocycles. The number of piperidine rings is 1. The fourth-order valence-electron chi connectivity index (χ4n) is 2.37. The van der Waals surface area contributed by atoms with Gasteiger partial charge in [-0.05, 0) is 43.0 Å². The maximum absolute atomic E-state index is 12.9. The Morgan fingerprint density at radius 1 is 1.14 bits per heavy atom. The minimum Gasteiger partial charge on any atom is -0.439 e. The number of aromatic nitrogens is 2. The standard InChI is InChI=1S/C16H18FN3O/c1-12-7-10-20(11-8-12)16-18-9-6-15(19-16)21-14-4-2-13(17)3-5-14/h2-6,9,12H,7-8,10-11H2,1H3. The first kappa shape index (κ1) is 13.8. The van der Waals surface area contributed by atoms with Crippen molar-refractivity contribution < 1.29 is 9.13 Å². The molecule has 0 N–H and O–H groups in total. The van der Waals surface area contributed by atoms with Crippen molar-refractivity contribution in [2.24, 2.45) is 5.92 Å². The van der Waals surface area contributed by atoms with E-state index in [2.05, 4.69) is 21.8 Å². The smallest absolute Gasteiger partial charge is 0.228 e. The van der Waals surface area contributed by atoms with E-state index in [9.17, 15) is 4.39 Å². The van der Waals surface area contributed by atoms with Gasteiger partial charge in [-0.1, -0.05) is 6.92 Å². The number of benzene rings is 1. The van der Waals surface area contributed by atoms with E-state index in [1.165, 1.54) is 12.1 Å². The molecule has 0 radical (unpaired) electrons. The molecule has 0 saturated carbocycles. The van der Waals surface area contributed by atoms with Gasteiger partial charge in [0, 0.05) is 25.4 Å². The molecule has 0 spiro atoms. The van der Waals surface area contributed by atoms with E-state index in [4.69, 9.17) is 4.74 Å². The van der Waals surface area contributed by atoms with Gasteiger partial charge in [-0.3, -0.25) is 0 Å². The van der Waals surface area contributed by atoms with E-state index in [1.807, 2.05) is 0 Å². The average Bonchev–Trinajstić information content (AvgIpc) is 2.51. The number of ether oxygens (including phenoxy) is 1. The first-order chi connectivity index (χ1) is 10.2. The van der Waals surface area contributed by atoms with Crippen LogP contribution in [0.2, 0.25) is 0 Å². The van der Waals surface area contributed by atoms with Crippen LogP contribution in [0, 0.1) is 11.7 Å². The van der Waals surface area contributed by atoms with Gasteiger partial charge in [0.2, 0.25) is 11.8 Å². The Morgan fingerprint density at radius 2 is 1.86 bits per heavy atom. The molecule has 1 aliphatic heterocycles. The van der Waals surface area contributed by atoms with E-state index in [0.29, 0.717) is 17.6 Å². The summed E-state index contributed by atoms with van der Waals surface area (Å²) in [6.45, 7) is 4.22. The summed E-state index contributed by atoms with van der Waals surface area (Å²) >= 11 is 0. The highest BCUT2D eigenvalue weighted by Gasteiger charge is 2.18. The first-order valence-electron chi connectivity index (χ1n) is 7.22. The minimum absolute atomic E-state index is 0.284. The van der Waals surface area contributed by atoms with Crippen molar-refractivity contribution in [3.05, 3.63) is 42.3 Å². The summed E-state index contributed by atoms with van der Waals surface area (Å²) in [6.07, 6.45) is 4.01. The second kappa shape index (κ2) is 6.08. The highest BCUT2D eigenvalue weighted by atomic mass is 19.1. The van der Waals surface area contributed by atoms with Crippen LogP contribution in [0.1, 0.15) is 19.8 Å². The molecule has 1 fully saturated rings. The van der Waals surface area contributed by atoms with Crippen LogP contribution in [-0.4, -0.2) is 23.1 Å². The van der Waals surface area contributed by atoms with Gasteiger partial charge < -0.3 is 9.64 Å². The van der Waals surface area contributed by atoms with Gasteiger partial charge >= 0.3 is 0 Å². The molecule has 0 bridgehead atoms. The van der Waals surface area contributed by atoms with Crippen LogP contribution in [-0.2, 0) is 0 Å². The molecule has 4 nitrogen and oxygen atoms in total. The molecule has 0 atom stereocenters. The van der Waals surface area contributed by atoms with Crippen molar-refractivity contribution in [1.29, 1.82) is 0 Å². The predicted octanol–water partition coefficient (Wildman–Crippen LogP) is 3.64. The fraction of sp³-hybridized carbons (Fsp3) is 0.375.